The van der Waals surface area contributed by atoms with E-state index < -0.39 is 15.7 Å². The van der Waals surface area contributed by atoms with Gasteiger partial charge in [-0.25, -0.2) is 17.8 Å². The maximum absolute atomic E-state index is 13.4. The molecule has 0 amide bonds. The van der Waals surface area contributed by atoms with Gasteiger partial charge in [0.2, 0.25) is 15.0 Å². The second kappa shape index (κ2) is 6.20. The van der Waals surface area contributed by atoms with E-state index in [0.717, 1.165) is 16.7 Å². The first kappa shape index (κ1) is 16.4. The standard InChI is InChI=1S/C18H17FN2O2S/c1-13-6-7-14(2)15(10-13)12-24(22,23)18-20-8-9-21(18)17-5-3-4-16(19)11-17/h3-11H,12H2,1-2H3. The van der Waals surface area contributed by atoms with Crippen LogP contribution < -0.4 is 0 Å². The number of halogens is 1. The molecule has 6 heteroatoms. The molecule has 1 aromatic heterocycles. The lowest BCUT2D eigenvalue weighted by Gasteiger charge is -2.11. The van der Waals surface area contributed by atoms with E-state index in [0.29, 0.717) is 5.69 Å². The van der Waals surface area contributed by atoms with E-state index in [2.05, 4.69) is 4.98 Å². The summed E-state index contributed by atoms with van der Waals surface area (Å²) in [5.74, 6) is -0.577. The molecule has 0 saturated carbocycles. The molecule has 24 heavy (non-hydrogen) atoms. The Morgan fingerprint density at radius 3 is 2.67 bits per heavy atom. The van der Waals surface area contributed by atoms with Crippen molar-refractivity contribution in [3.05, 3.63) is 77.4 Å². The van der Waals surface area contributed by atoms with Gasteiger partial charge in [0.1, 0.15) is 5.82 Å². The minimum Gasteiger partial charge on any atom is -0.291 e. The molecule has 0 saturated heterocycles. The largest absolute Gasteiger partial charge is 0.291 e. The van der Waals surface area contributed by atoms with Crippen molar-refractivity contribution in [2.24, 2.45) is 0 Å². The number of hydrogen-bond acceptors (Lipinski definition) is 3. The van der Waals surface area contributed by atoms with Gasteiger partial charge in [-0.3, -0.25) is 4.57 Å². The number of sulfone groups is 1. The van der Waals surface area contributed by atoms with Crippen LogP contribution in [0.4, 0.5) is 4.39 Å². The van der Waals surface area contributed by atoms with Gasteiger partial charge >= 0.3 is 0 Å². The second-order valence-electron chi connectivity index (χ2n) is 5.75. The zero-order chi connectivity index (χ0) is 17.3. The summed E-state index contributed by atoms with van der Waals surface area (Å²) in [6.07, 6.45) is 2.92. The SMILES string of the molecule is Cc1ccc(C)c(CS(=O)(=O)c2nccn2-c2cccc(F)c2)c1. The Hall–Kier alpha value is -2.47. The van der Waals surface area contributed by atoms with E-state index in [1.807, 2.05) is 32.0 Å². The summed E-state index contributed by atoms with van der Waals surface area (Å²) in [5, 5.41) is -0.0889. The maximum atomic E-state index is 13.4. The lowest BCUT2D eigenvalue weighted by atomic mass is 10.1. The van der Waals surface area contributed by atoms with E-state index in [1.165, 1.54) is 35.2 Å². The van der Waals surface area contributed by atoms with Gasteiger partial charge in [-0.1, -0.05) is 29.8 Å². The van der Waals surface area contributed by atoms with E-state index in [4.69, 9.17) is 0 Å². The molecule has 2 aromatic carbocycles. The summed E-state index contributed by atoms with van der Waals surface area (Å²) >= 11 is 0. The predicted octanol–water partition coefficient (Wildman–Crippen LogP) is 3.60. The molecule has 0 spiro atoms. The molecule has 0 aliphatic carbocycles. The Kier molecular flexibility index (Phi) is 4.24. The third kappa shape index (κ3) is 3.23. The predicted molar refractivity (Wildman–Crippen MR) is 90.3 cm³/mol. The fraction of sp³-hybridized carbons (Fsp3) is 0.167. The van der Waals surface area contributed by atoms with Crippen molar-refractivity contribution in [3.8, 4) is 5.69 Å². The van der Waals surface area contributed by atoms with Crippen LogP contribution in [0.2, 0.25) is 0 Å². The quantitative estimate of drug-likeness (QED) is 0.727. The monoisotopic (exact) mass is 344 g/mol. The van der Waals surface area contributed by atoms with Crippen LogP contribution in [0.25, 0.3) is 5.69 Å². The van der Waals surface area contributed by atoms with Crippen LogP contribution in [0.15, 0.2) is 60.0 Å². The van der Waals surface area contributed by atoms with Crippen molar-refractivity contribution in [2.45, 2.75) is 24.8 Å². The fourth-order valence-electron chi connectivity index (χ4n) is 2.57. The summed E-state index contributed by atoms with van der Waals surface area (Å²) < 4.78 is 40.5. The Bertz CT molecular complexity index is 994. The van der Waals surface area contributed by atoms with Crippen LogP contribution in [0, 0.1) is 19.7 Å². The van der Waals surface area contributed by atoms with Crippen LogP contribution in [0.3, 0.4) is 0 Å². The lowest BCUT2D eigenvalue weighted by molar-refractivity contribution is 0.582. The molecule has 1 heterocycles. The van der Waals surface area contributed by atoms with Crippen molar-refractivity contribution < 1.29 is 12.8 Å². The van der Waals surface area contributed by atoms with Gasteiger partial charge in [0.25, 0.3) is 0 Å². The van der Waals surface area contributed by atoms with Crippen molar-refractivity contribution in [2.75, 3.05) is 0 Å². The highest BCUT2D eigenvalue weighted by Crippen LogP contribution is 2.21. The lowest BCUT2D eigenvalue weighted by Crippen LogP contribution is -2.12. The van der Waals surface area contributed by atoms with Gasteiger partial charge < -0.3 is 0 Å². The Morgan fingerprint density at radius 1 is 1.12 bits per heavy atom. The van der Waals surface area contributed by atoms with E-state index in [-0.39, 0.29) is 10.9 Å². The van der Waals surface area contributed by atoms with Crippen molar-refractivity contribution >= 4 is 9.84 Å². The molecule has 0 unspecified atom stereocenters. The number of aromatic nitrogens is 2. The normalized spacial score (nSPS) is 11.6. The topological polar surface area (TPSA) is 52.0 Å². The van der Waals surface area contributed by atoms with E-state index in [1.54, 1.807) is 6.07 Å². The van der Waals surface area contributed by atoms with Crippen LogP contribution >= 0.6 is 0 Å². The highest BCUT2D eigenvalue weighted by atomic mass is 32.2. The average Bonchev–Trinajstić information content (AvgIpc) is 3.01. The number of rotatable bonds is 4. The summed E-state index contributed by atoms with van der Waals surface area (Å²) in [6, 6.07) is 11.5. The zero-order valence-electron chi connectivity index (χ0n) is 13.4. The molecule has 3 rings (SSSR count). The van der Waals surface area contributed by atoms with Crippen LogP contribution in [-0.4, -0.2) is 18.0 Å². The van der Waals surface area contributed by atoms with Gasteiger partial charge in [-0.2, -0.15) is 0 Å². The molecule has 0 atom stereocenters. The van der Waals surface area contributed by atoms with Crippen LogP contribution in [-0.2, 0) is 15.6 Å². The summed E-state index contributed by atoms with van der Waals surface area (Å²) in [7, 11) is -3.67. The molecule has 3 aromatic rings. The minimum absolute atomic E-state index is 0.0889. The smallest absolute Gasteiger partial charge is 0.232 e. The van der Waals surface area contributed by atoms with Crippen molar-refractivity contribution in [1.82, 2.24) is 9.55 Å². The molecular formula is C18H17FN2O2S. The molecule has 0 fully saturated rings. The summed E-state index contributed by atoms with van der Waals surface area (Å²) in [6.45, 7) is 3.80. The molecule has 0 aliphatic heterocycles. The Balaban J connectivity index is 2.03. The third-order valence-electron chi connectivity index (χ3n) is 3.82. The number of nitrogens with zero attached hydrogens (tertiary/aromatic N) is 2. The number of benzene rings is 2. The maximum Gasteiger partial charge on any atom is 0.232 e. The van der Waals surface area contributed by atoms with Crippen molar-refractivity contribution in [3.63, 3.8) is 0 Å². The first-order valence-electron chi connectivity index (χ1n) is 7.45. The van der Waals surface area contributed by atoms with Gasteiger partial charge in [-0.15, -0.1) is 0 Å². The highest BCUT2D eigenvalue weighted by Gasteiger charge is 2.23. The number of aryl methyl sites for hydroxylation is 2. The average molecular weight is 344 g/mol. The van der Waals surface area contributed by atoms with Gasteiger partial charge in [-0.05, 0) is 43.2 Å². The Labute approximate surface area is 140 Å². The second-order valence-corrected chi connectivity index (χ2v) is 7.63. The van der Waals surface area contributed by atoms with E-state index in [9.17, 15) is 12.8 Å². The van der Waals surface area contributed by atoms with Crippen molar-refractivity contribution in [1.29, 1.82) is 0 Å². The van der Waals surface area contributed by atoms with Crippen LogP contribution in [0.5, 0.6) is 0 Å². The molecule has 0 bridgehead atoms. The molecule has 4 nitrogen and oxygen atoms in total. The third-order valence-corrected chi connectivity index (χ3v) is 5.37. The highest BCUT2D eigenvalue weighted by molar-refractivity contribution is 7.90. The molecule has 0 N–H and O–H groups in total. The fourth-order valence-corrected chi connectivity index (χ4v) is 4.10. The first-order valence-corrected chi connectivity index (χ1v) is 9.10. The minimum atomic E-state index is -3.67. The molecule has 0 radical (unpaired) electrons. The number of imidazole rings is 1. The molecule has 0 aliphatic rings. The molecule has 124 valence electrons. The van der Waals surface area contributed by atoms with E-state index >= 15 is 0 Å². The van der Waals surface area contributed by atoms with Gasteiger partial charge in [0.15, 0.2) is 0 Å². The molecular weight excluding hydrogens is 327 g/mol. The van der Waals surface area contributed by atoms with Crippen LogP contribution in [0.1, 0.15) is 16.7 Å². The summed E-state index contributed by atoms with van der Waals surface area (Å²) in [4.78, 5) is 3.99. The number of hydrogen-bond donors (Lipinski definition) is 0. The van der Waals surface area contributed by atoms with Gasteiger partial charge in [0, 0.05) is 12.4 Å². The first-order chi connectivity index (χ1) is 11.4. The summed E-state index contributed by atoms with van der Waals surface area (Å²) in [5.41, 5.74) is 3.07. The Morgan fingerprint density at radius 2 is 1.92 bits per heavy atom. The zero-order valence-corrected chi connectivity index (χ0v) is 14.2. The van der Waals surface area contributed by atoms with Gasteiger partial charge in [0.05, 0.1) is 11.4 Å².